The monoisotopic (exact) mass is 291 g/mol. The summed E-state index contributed by atoms with van der Waals surface area (Å²) in [4.78, 5) is 14.3. The van der Waals surface area contributed by atoms with Crippen molar-refractivity contribution >= 4 is 5.91 Å². The van der Waals surface area contributed by atoms with Gasteiger partial charge in [-0.15, -0.1) is 0 Å². The van der Waals surface area contributed by atoms with Gasteiger partial charge in [0.25, 0.3) is 0 Å². The molecule has 116 valence electrons. The lowest BCUT2D eigenvalue weighted by molar-refractivity contribution is -0.134. The van der Waals surface area contributed by atoms with Crippen LogP contribution in [0.15, 0.2) is 16.5 Å². The average Bonchev–Trinajstić information content (AvgIpc) is 2.92. The Labute approximate surface area is 126 Å². The predicted molar refractivity (Wildman–Crippen MR) is 80.1 cm³/mol. The molecule has 0 aliphatic carbocycles. The third-order valence-corrected chi connectivity index (χ3v) is 5.11. The molecule has 2 aliphatic heterocycles. The summed E-state index contributed by atoms with van der Waals surface area (Å²) in [6.45, 7) is 5.55. The fraction of sp³-hybridized carbons (Fsp3) is 0.706. The van der Waals surface area contributed by atoms with Crippen molar-refractivity contribution in [3.05, 3.63) is 23.7 Å². The van der Waals surface area contributed by atoms with Crippen molar-refractivity contribution < 1.29 is 13.9 Å². The summed E-state index contributed by atoms with van der Waals surface area (Å²) < 4.78 is 11.0. The molecule has 1 aromatic heterocycles. The number of hydrogen-bond acceptors (Lipinski definition) is 3. The van der Waals surface area contributed by atoms with E-state index in [1.54, 1.807) is 0 Å². The third-order valence-electron chi connectivity index (χ3n) is 5.11. The molecule has 0 aromatic carbocycles. The van der Waals surface area contributed by atoms with Gasteiger partial charge >= 0.3 is 0 Å². The summed E-state index contributed by atoms with van der Waals surface area (Å²) in [5.41, 5.74) is 0.452. The molecule has 3 rings (SSSR count). The van der Waals surface area contributed by atoms with Crippen LogP contribution in [-0.4, -0.2) is 37.1 Å². The van der Waals surface area contributed by atoms with E-state index < -0.39 is 0 Å². The number of carbonyl (C=O) groups is 1. The van der Waals surface area contributed by atoms with Crippen molar-refractivity contribution in [3.63, 3.8) is 0 Å². The van der Waals surface area contributed by atoms with Crippen molar-refractivity contribution in [1.29, 1.82) is 0 Å². The molecule has 4 nitrogen and oxygen atoms in total. The highest BCUT2D eigenvalue weighted by atomic mass is 16.5. The van der Waals surface area contributed by atoms with Crippen LogP contribution >= 0.6 is 0 Å². The maximum atomic E-state index is 12.3. The quantitative estimate of drug-likeness (QED) is 0.860. The van der Waals surface area contributed by atoms with Gasteiger partial charge in [-0.1, -0.05) is 0 Å². The van der Waals surface area contributed by atoms with Crippen molar-refractivity contribution in [2.24, 2.45) is 5.41 Å². The summed E-state index contributed by atoms with van der Waals surface area (Å²) in [6.07, 6.45) is 5.89. The van der Waals surface area contributed by atoms with Crippen LogP contribution in [-0.2, 0) is 16.0 Å². The molecule has 0 saturated carbocycles. The molecular formula is C17H25NO3. The number of hydrogen-bond donors (Lipinski definition) is 0. The van der Waals surface area contributed by atoms with Gasteiger partial charge in [0, 0.05) is 39.1 Å². The molecule has 1 amide bonds. The molecule has 0 N–H and O–H groups in total. The van der Waals surface area contributed by atoms with Crippen LogP contribution in [0.2, 0.25) is 0 Å². The smallest absolute Gasteiger partial charge is 0.223 e. The summed E-state index contributed by atoms with van der Waals surface area (Å²) in [7, 11) is 0. The van der Waals surface area contributed by atoms with E-state index in [0.29, 0.717) is 18.3 Å². The number of aryl methyl sites for hydroxylation is 2. The lowest BCUT2D eigenvalue weighted by atomic mass is 9.72. The zero-order valence-corrected chi connectivity index (χ0v) is 12.9. The zero-order valence-electron chi connectivity index (χ0n) is 12.9. The highest BCUT2D eigenvalue weighted by Gasteiger charge is 2.36. The molecule has 2 fully saturated rings. The first-order chi connectivity index (χ1) is 10.2. The number of amides is 1. The maximum absolute atomic E-state index is 12.3. The van der Waals surface area contributed by atoms with Crippen LogP contribution in [0.5, 0.6) is 0 Å². The molecule has 2 saturated heterocycles. The molecule has 0 bridgehead atoms. The zero-order chi connectivity index (χ0) is 14.7. The highest BCUT2D eigenvalue weighted by Crippen LogP contribution is 2.40. The van der Waals surface area contributed by atoms with Crippen molar-refractivity contribution in [3.8, 4) is 0 Å². The van der Waals surface area contributed by atoms with Crippen molar-refractivity contribution in [2.45, 2.75) is 45.4 Å². The van der Waals surface area contributed by atoms with Crippen molar-refractivity contribution in [1.82, 2.24) is 4.90 Å². The Morgan fingerprint density at radius 3 is 2.52 bits per heavy atom. The van der Waals surface area contributed by atoms with E-state index in [1.165, 1.54) is 12.8 Å². The van der Waals surface area contributed by atoms with Gasteiger partial charge in [0.15, 0.2) is 0 Å². The molecule has 1 aromatic rings. The van der Waals surface area contributed by atoms with Crippen LogP contribution in [0, 0.1) is 12.3 Å². The van der Waals surface area contributed by atoms with Gasteiger partial charge < -0.3 is 14.1 Å². The van der Waals surface area contributed by atoms with Gasteiger partial charge in [0.1, 0.15) is 11.5 Å². The van der Waals surface area contributed by atoms with Gasteiger partial charge in [-0.25, -0.2) is 0 Å². The van der Waals surface area contributed by atoms with E-state index in [4.69, 9.17) is 9.15 Å². The maximum Gasteiger partial charge on any atom is 0.223 e. The SMILES string of the molecule is Cc1ccc(CCC(=O)N2CCC3(CCOCC3)CC2)o1. The Morgan fingerprint density at radius 1 is 1.19 bits per heavy atom. The number of carbonyl (C=O) groups excluding carboxylic acids is 1. The molecule has 0 unspecified atom stereocenters. The van der Waals surface area contributed by atoms with Gasteiger partial charge in [0.05, 0.1) is 0 Å². The lowest BCUT2D eigenvalue weighted by Crippen LogP contribution is -2.45. The number of furan rings is 1. The van der Waals surface area contributed by atoms with E-state index in [9.17, 15) is 4.79 Å². The fourth-order valence-corrected chi connectivity index (χ4v) is 3.54. The summed E-state index contributed by atoms with van der Waals surface area (Å²) >= 11 is 0. The number of likely N-dealkylation sites (tertiary alicyclic amines) is 1. The minimum atomic E-state index is 0.269. The van der Waals surface area contributed by atoms with E-state index in [1.807, 2.05) is 24.0 Å². The summed E-state index contributed by atoms with van der Waals surface area (Å²) in [5.74, 6) is 2.10. The second-order valence-electron chi connectivity index (χ2n) is 6.51. The molecular weight excluding hydrogens is 266 g/mol. The Kier molecular flexibility index (Phi) is 4.34. The minimum Gasteiger partial charge on any atom is -0.466 e. The minimum absolute atomic E-state index is 0.269. The number of nitrogens with zero attached hydrogens (tertiary/aromatic N) is 1. The summed E-state index contributed by atoms with van der Waals surface area (Å²) in [6, 6.07) is 3.92. The van der Waals surface area contributed by atoms with Crippen LogP contribution < -0.4 is 0 Å². The van der Waals surface area contributed by atoms with Gasteiger partial charge in [-0.2, -0.15) is 0 Å². The van der Waals surface area contributed by atoms with Crippen molar-refractivity contribution in [2.75, 3.05) is 26.3 Å². The highest BCUT2D eigenvalue weighted by molar-refractivity contribution is 5.76. The Hall–Kier alpha value is -1.29. The largest absolute Gasteiger partial charge is 0.466 e. The van der Waals surface area contributed by atoms with Gasteiger partial charge in [0.2, 0.25) is 5.91 Å². The lowest BCUT2D eigenvalue weighted by Gasteiger charge is -2.44. The Balaban J connectivity index is 1.46. The topological polar surface area (TPSA) is 42.7 Å². The normalized spacial score (nSPS) is 21.7. The first-order valence-electron chi connectivity index (χ1n) is 8.08. The Bertz CT molecular complexity index is 478. The number of rotatable bonds is 3. The second kappa shape index (κ2) is 6.22. The number of piperidine rings is 1. The molecule has 4 heteroatoms. The fourth-order valence-electron chi connectivity index (χ4n) is 3.54. The molecule has 0 atom stereocenters. The van der Waals surface area contributed by atoms with Crippen LogP contribution in [0.1, 0.15) is 43.6 Å². The van der Waals surface area contributed by atoms with E-state index in [2.05, 4.69) is 0 Å². The standard InChI is InChI=1S/C17H25NO3/c1-14-2-3-15(21-14)4-5-16(19)18-10-6-17(7-11-18)8-12-20-13-9-17/h2-3H,4-13H2,1H3. The van der Waals surface area contributed by atoms with Crippen LogP contribution in [0.25, 0.3) is 0 Å². The first-order valence-corrected chi connectivity index (χ1v) is 8.08. The van der Waals surface area contributed by atoms with E-state index >= 15 is 0 Å². The number of ether oxygens (including phenoxy) is 1. The Morgan fingerprint density at radius 2 is 1.90 bits per heavy atom. The second-order valence-corrected chi connectivity index (χ2v) is 6.51. The van der Waals surface area contributed by atoms with Crippen LogP contribution in [0.4, 0.5) is 0 Å². The molecule has 1 spiro atoms. The van der Waals surface area contributed by atoms with E-state index in [-0.39, 0.29) is 5.91 Å². The first kappa shape index (κ1) is 14.6. The molecule has 0 radical (unpaired) electrons. The third kappa shape index (κ3) is 3.49. The van der Waals surface area contributed by atoms with Gasteiger partial charge in [-0.3, -0.25) is 4.79 Å². The van der Waals surface area contributed by atoms with E-state index in [0.717, 1.165) is 50.7 Å². The molecule has 2 aliphatic rings. The molecule has 21 heavy (non-hydrogen) atoms. The molecule has 3 heterocycles. The van der Waals surface area contributed by atoms with Crippen LogP contribution in [0.3, 0.4) is 0 Å². The summed E-state index contributed by atoms with van der Waals surface area (Å²) in [5, 5.41) is 0. The predicted octanol–water partition coefficient (Wildman–Crippen LogP) is 2.94. The average molecular weight is 291 g/mol. The van der Waals surface area contributed by atoms with Gasteiger partial charge in [-0.05, 0) is 50.2 Å².